The molecule has 0 fully saturated rings. The van der Waals surface area contributed by atoms with Gasteiger partial charge in [0.1, 0.15) is 17.1 Å². The summed E-state index contributed by atoms with van der Waals surface area (Å²) in [7, 11) is 4.66. The molecule has 0 bridgehead atoms. The molecule has 39 heavy (non-hydrogen) atoms. The number of aromatic nitrogens is 2. The largest absolute Gasteiger partial charge is 0.497 e. The number of methoxy groups -OCH3 is 3. The van der Waals surface area contributed by atoms with Gasteiger partial charge in [-0.15, -0.1) is 0 Å². The average molecular weight is 535 g/mol. The molecule has 2 unspecified atom stereocenters. The second-order valence-corrected chi connectivity index (χ2v) is 8.86. The van der Waals surface area contributed by atoms with Crippen molar-refractivity contribution in [2.24, 2.45) is 0 Å². The Morgan fingerprint density at radius 1 is 0.795 bits per heavy atom. The Morgan fingerprint density at radius 3 is 1.82 bits per heavy atom. The molecule has 0 aliphatic rings. The summed E-state index contributed by atoms with van der Waals surface area (Å²) in [4.78, 5) is 25.6. The monoisotopic (exact) mass is 534 g/mol. The predicted molar refractivity (Wildman–Crippen MR) is 145 cm³/mol. The van der Waals surface area contributed by atoms with E-state index in [-0.39, 0.29) is 13.0 Å². The van der Waals surface area contributed by atoms with Crippen molar-refractivity contribution >= 4 is 0 Å². The van der Waals surface area contributed by atoms with Gasteiger partial charge in [0.25, 0.3) is 5.56 Å². The van der Waals surface area contributed by atoms with Crippen LogP contribution in [0.15, 0.2) is 101 Å². The third-order valence-corrected chi connectivity index (χ3v) is 6.60. The van der Waals surface area contributed by atoms with Crippen molar-refractivity contribution in [1.82, 2.24) is 9.55 Å². The first-order valence-electron chi connectivity index (χ1n) is 12.4. The maximum absolute atomic E-state index is 15.2. The van der Waals surface area contributed by atoms with E-state index in [0.29, 0.717) is 11.5 Å². The van der Waals surface area contributed by atoms with Gasteiger partial charge < -0.3 is 18.9 Å². The van der Waals surface area contributed by atoms with Crippen molar-refractivity contribution < 1.29 is 23.3 Å². The van der Waals surface area contributed by atoms with E-state index < -0.39 is 29.2 Å². The van der Waals surface area contributed by atoms with E-state index in [2.05, 4.69) is 4.98 Å². The van der Waals surface area contributed by atoms with E-state index >= 15 is 4.39 Å². The fourth-order valence-electron chi connectivity index (χ4n) is 4.50. The van der Waals surface area contributed by atoms with Crippen molar-refractivity contribution in [3.63, 3.8) is 0 Å². The summed E-state index contributed by atoms with van der Waals surface area (Å²) in [5, 5.41) is 0. The summed E-state index contributed by atoms with van der Waals surface area (Å²) in [6.07, 6.45) is -1.52. The van der Waals surface area contributed by atoms with E-state index in [1.54, 1.807) is 14.2 Å². The Balaban J connectivity index is 1.74. The van der Waals surface area contributed by atoms with Gasteiger partial charge in [-0.05, 0) is 41.0 Å². The first-order chi connectivity index (χ1) is 18.9. The number of rotatable bonds is 12. The zero-order chi connectivity index (χ0) is 27.8. The number of alkyl halides is 1. The number of halogens is 1. The molecule has 0 aliphatic carbocycles. The summed E-state index contributed by atoms with van der Waals surface area (Å²) in [5.41, 5.74) is -0.0326. The number of nitrogens with zero attached hydrogens (tertiary/aromatic N) is 1. The highest BCUT2D eigenvalue weighted by atomic mass is 19.1. The number of hydrogen-bond acceptors (Lipinski definition) is 6. The van der Waals surface area contributed by atoms with Crippen LogP contribution < -0.4 is 20.7 Å². The third kappa shape index (κ3) is 6.10. The van der Waals surface area contributed by atoms with E-state index in [1.165, 1.54) is 7.11 Å². The second kappa shape index (κ2) is 12.6. The molecule has 2 atom stereocenters. The first kappa shape index (κ1) is 27.8. The highest BCUT2D eigenvalue weighted by Gasteiger charge is 2.39. The molecule has 4 rings (SSSR count). The molecule has 4 aromatic rings. The third-order valence-electron chi connectivity index (χ3n) is 6.60. The number of aromatic amines is 1. The quantitative estimate of drug-likeness (QED) is 0.270. The predicted octanol–water partition coefficient (Wildman–Crippen LogP) is 4.44. The lowest BCUT2D eigenvalue weighted by Gasteiger charge is -2.37. The van der Waals surface area contributed by atoms with Crippen LogP contribution in [0.1, 0.15) is 29.4 Å². The van der Waals surface area contributed by atoms with Gasteiger partial charge in [-0.1, -0.05) is 54.6 Å². The van der Waals surface area contributed by atoms with Gasteiger partial charge in [-0.3, -0.25) is 14.3 Å². The van der Waals surface area contributed by atoms with Gasteiger partial charge in [-0.25, -0.2) is 9.18 Å². The first-order valence-corrected chi connectivity index (χ1v) is 12.4. The minimum Gasteiger partial charge on any atom is -0.497 e. The molecular formula is C30H31FN2O6. The van der Waals surface area contributed by atoms with Gasteiger partial charge >= 0.3 is 5.69 Å². The van der Waals surface area contributed by atoms with Crippen molar-refractivity contribution in [1.29, 1.82) is 0 Å². The molecule has 0 aliphatic heterocycles. The SMILES string of the molecule is COc1ccc(C(OCC(CC(F)n2ccc(=O)[nH]c2=O)OC)(c2ccccc2)c2ccc(OC)cc2)cc1. The lowest BCUT2D eigenvalue weighted by atomic mass is 9.80. The number of ether oxygens (including phenoxy) is 4. The minimum atomic E-state index is -1.74. The van der Waals surface area contributed by atoms with Crippen molar-refractivity contribution in [3.05, 3.63) is 129 Å². The smallest absolute Gasteiger partial charge is 0.330 e. The van der Waals surface area contributed by atoms with Crippen molar-refractivity contribution in [3.8, 4) is 11.5 Å². The molecule has 204 valence electrons. The van der Waals surface area contributed by atoms with Gasteiger partial charge in [0.05, 0.1) is 26.9 Å². The summed E-state index contributed by atoms with van der Waals surface area (Å²) in [6.45, 7) is -0.0119. The lowest BCUT2D eigenvalue weighted by molar-refractivity contribution is -0.0643. The molecule has 9 heteroatoms. The Hall–Kier alpha value is -4.21. The fraction of sp³-hybridized carbons (Fsp3) is 0.267. The Bertz CT molecular complexity index is 1400. The summed E-state index contributed by atoms with van der Waals surface area (Å²) in [6, 6.07) is 25.9. The summed E-state index contributed by atoms with van der Waals surface area (Å²) >= 11 is 0. The van der Waals surface area contributed by atoms with Crippen molar-refractivity contribution in [2.75, 3.05) is 27.9 Å². The van der Waals surface area contributed by atoms with E-state index in [0.717, 1.165) is 33.5 Å². The van der Waals surface area contributed by atoms with Gasteiger partial charge in [-0.2, -0.15) is 0 Å². The molecule has 3 aromatic carbocycles. The van der Waals surface area contributed by atoms with Crippen LogP contribution in [0, 0.1) is 0 Å². The van der Waals surface area contributed by atoms with Gasteiger partial charge in [0.2, 0.25) is 0 Å². The number of hydrogen-bond donors (Lipinski definition) is 1. The topological polar surface area (TPSA) is 91.8 Å². The van der Waals surface area contributed by atoms with Crippen LogP contribution in [0.2, 0.25) is 0 Å². The van der Waals surface area contributed by atoms with Crippen LogP contribution in [0.25, 0.3) is 0 Å². The highest BCUT2D eigenvalue weighted by Crippen LogP contribution is 2.42. The van der Waals surface area contributed by atoms with Crippen molar-refractivity contribution in [2.45, 2.75) is 24.4 Å². The zero-order valence-electron chi connectivity index (χ0n) is 22.0. The molecule has 0 spiro atoms. The molecule has 1 N–H and O–H groups in total. The molecule has 1 heterocycles. The number of nitrogens with one attached hydrogen (secondary N) is 1. The van der Waals surface area contributed by atoms with Gasteiger partial charge in [0.15, 0.2) is 6.30 Å². The van der Waals surface area contributed by atoms with E-state index in [1.807, 2.05) is 78.9 Å². The van der Waals surface area contributed by atoms with Crippen LogP contribution in [0.4, 0.5) is 4.39 Å². The normalized spacial score (nSPS) is 13.0. The Labute approximate surface area is 225 Å². The second-order valence-electron chi connectivity index (χ2n) is 8.86. The summed E-state index contributed by atoms with van der Waals surface area (Å²) in [5.74, 6) is 1.38. The molecule has 0 saturated heterocycles. The van der Waals surface area contributed by atoms with Crippen LogP contribution in [0.5, 0.6) is 11.5 Å². The van der Waals surface area contributed by atoms with Crippen LogP contribution in [-0.2, 0) is 15.1 Å². The van der Waals surface area contributed by atoms with Crippen LogP contribution >= 0.6 is 0 Å². The highest BCUT2D eigenvalue weighted by molar-refractivity contribution is 5.49. The molecule has 0 radical (unpaired) electrons. The van der Waals surface area contributed by atoms with E-state index in [9.17, 15) is 9.59 Å². The molecular weight excluding hydrogens is 503 g/mol. The van der Waals surface area contributed by atoms with Crippen LogP contribution in [0.3, 0.4) is 0 Å². The van der Waals surface area contributed by atoms with Gasteiger partial charge in [0, 0.05) is 25.8 Å². The maximum Gasteiger partial charge on any atom is 0.330 e. The molecule has 0 amide bonds. The number of benzene rings is 3. The number of H-pyrrole nitrogens is 1. The standard InChI is InChI=1S/C30H31FN2O6/c1-36-24-13-9-22(10-14-24)30(21-7-5-4-6-8-21,23-11-15-25(37-2)16-12-23)39-20-26(38-3)19-27(31)33-18-17-28(34)32-29(33)35/h4-18,26-27H,19-20H2,1-3H3,(H,32,34,35). The molecule has 8 nitrogen and oxygen atoms in total. The summed E-state index contributed by atoms with van der Waals surface area (Å²) < 4.78 is 39.1. The maximum atomic E-state index is 15.2. The Morgan fingerprint density at radius 2 is 1.33 bits per heavy atom. The molecule has 0 saturated carbocycles. The zero-order valence-corrected chi connectivity index (χ0v) is 22.0. The van der Waals surface area contributed by atoms with E-state index in [4.69, 9.17) is 18.9 Å². The lowest BCUT2D eigenvalue weighted by Crippen LogP contribution is -2.37. The Kier molecular flexibility index (Phi) is 8.96. The fourth-order valence-corrected chi connectivity index (χ4v) is 4.50. The minimum absolute atomic E-state index is 0.0119. The average Bonchev–Trinajstić information content (AvgIpc) is 2.97. The van der Waals surface area contributed by atoms with Crippen LogP contribution in [-0.4, -0.2) is 43.6 Å². The molecule has 1 aromatic heterocycles.